The van der Waals surface area contributed by atoms with E-state index in [-0.39, 0.29) is 0 Å². The summed E-state index contributed by atoms with van der Waals surface area (Å²) in [5, 5.41) is 13.8. The van der Waals surface area contributed by atoms with Crippen molar-refractivity contribution in [2.24, 2.45) is 0 Å². The predicted molar refractivity (Wildman–Crippen MR) is 82.3 cm³/mol. The van der Waals surface area contributed by atoms with Gasteiger partial charge in [-0.25, -0.2) is 4.98 Å². The minimum absolute atomic E-state index is 0.395. The zero-order valence-corrected chi connectivity index (χ0v) is 12.7. The molecule has 5 heteroatoms. The minimum atomic E-state index is -0.584. The van der Waals surface area contributed by atoms with E-state index in [4.69, 9.17) is 4.74 Å². The monoisotopic (exact) mass is 291 g/mol. The largest absolute Gasteiger partial charge is 0.388 e. The minimum Gasteiger partial charge on any atom is -0.388 e. The molecule has 5 nitrogen and oxygen atoms in total. The average Bonchev–Trinajstić information content (AvgIpc) is 2.95. The Labute approximate surface area is 126 Å². The second-order valence-corrected chi connectivity index (χ2v) is 6.19. The highest BCUT2D eigenvalue weighted by molar-refractivity contribution is 5.38. The van der Waals surface area contributed by atoms with E-state index in [9.17, 15) is 5.11 Å². The SMILES string of the molecule is CNc1cc([C@@H]2CCCN2CC2(O)CCOCC2)ccn1. The van der Waals surface area contributed by atoms with Crippen molar-refractivity contribution in [3.05, 3.63) is 23.9 Å². The van der Waals surface area contributed by atoms with E-state index < -0.39 is 5.60 Å². The zero-order chi connectivity index (χ0) is 14.7. The summed E-state index contributed by atoms with van der Waals surface area (Å²) < 4.78 is 5.38. The summed E-state index contributed by atoms with van der Waals surface area (Å²) >= 11 is 0. The summed E-state index contributed by atoms with van der Waals surface area (Å²) in [5.41, 5.74) is 0.710. The lowest BCUT2D eigenvalue weighted by Gasteiger charge is -2.37. The highest BCUT2D eigenvalue weighted by Crippen LogP contribution is 2.35. The van der Waals surface area contributed by atoms with E-state index in [1.165, 1.54) is 12.0 Å². The Kier molecular flexibility index (Phi) is 4.42. The topological polar surface area (TPSA) is 57.6 Å². The maximum absolute atomic E-state index is 10.8. The molecule has 2 fully saturated rings. The van der Waals surface area contributed by atoms with Crippen LogP contribution in [-0.2, 0) is 4.74 Å². The van der Waals surface area contributed by atoms with Gasteiger partial charge >= 0.3 is 0 Å². The van der Waals surface area contributed by atoms with Crippen LogP contribution in [0.1, 0.15) is 37.3 Å². The summed E-state index contributed by atoms with van der Waals surface area (Å²) in [7, 11) is 1.89. The molecule has 1 aromatic rings. The Bertz CT molecular complexity index is 474. The fourth-order valence-electron chi connectivity index (χ4n) is 3.47. The molecule has 0 aliphatic carbocycles. The molecular weight excluding hydrogens is 266 g/mol. The van der Waals surface area contributed by atoms with Gasteiger partial charge in [-0.3, -0.25) is 4.90 Å². The number of anilines is 1. The second-order valence-electron chi connectivity index (χ2n) is 6.19. The van der Waals surface area contributed by atoms with Crippen molar-refractivity contribution in [2.75, 3.05) is 38.7 Å². The van der Waals surface area contributed by atoms with Crippen molar-refractivity contribution >= 4 is 5.82 Å². The number of rotatable bonds is 4. The molecule has 2 saturated heterocycles. The van der Waals surface area contributed by atoms with Crippen LogP contribution in [0.4, 0.5) is 5.82 Å². The maximum atomic E-state index is 10.8. The van der Waals surface area contributed by atoms with Gasteiger partial charge in [-0.05, 0) is 37.1 Å². The van der Waals surface area contributed by atoms with E-state index in [1.54, 1.807) is 0 Å². The van der Waals surface area contributed by atoms with Crippen LogP contribution >= 0.6 is 0 Å². The number of nitrogens with zero attached hydrogens (tertiary/aromatic N) is 2. The fraction of sp³-hybridized carbons (Fsp3) is 0.688. The van der Waals surface area contributed by atoms with Gasteiger partial charge in [0.05, 0.1) is 5.60 Å². The van der Waals surface area contributed by atoms with Crippen LogP contribution in [0.3, 0.4) is 0 Å². The van der Waals surface area contributed by atoms with E-state index in [1.807, 2.05) is 13.2 Å². The van der Waals surface area contributed by atoms with Crippen LogP contribution in [0.5, 0.6) is 0 Å². The Morgan fingerprint density at radius 2 is 2.29 bits per heavy atom. The Hall–Kier alpha value is -1.17. The van der Waals surface area contributed by atoms with Crippen LogP contribution in [0.15, 0.2) is 18.3 Å². The van der Waals surface area contributed by atoms with Crippen molar-refractivity contribution < 1.29 is 9.84 Å². The van der Waals surface area contributed by atoms with Crippen molar-refractivity contribution in [3.63, 3.8) is 0 Å². The standard InChI is InChI=1S/C16H25N3O2/c1-17-15-11-13(4-7-18-15)14-3-2-8-19(14)12-16(20)5-9-21-10-6-16/h4,7,11,14,20H,2-3,5-6,8-10,12H2,1H3,(H,17,18)/t14-/m0/s1. The molecule has 1 atom stereocenters. The highest BCUT2D eigenvalue weighted by Gasteiger charge is 2.36. The summed E-state index contributed by atoms with van der Waals surface area (Å²) in [6, 6.07) is 4.61. The number of aromatic nitrogens is 1. The zero-order valence-electron chi connectivity index (χ0n) is 12.7. The molecule has 0 aromatic carbocycles. The molecule has 0 bridgehead atoms. The number of aliphatic hydroxyl groups is 1. The molecule has 0 amide bonds. The van der Waals surface area contributed by atoms with Gasteiger partial charge in [-0.15, -0.1) is 0 Å². The molecule has 3 heterocycles. The lowest BCUT2D eigenvalue weighted by Crippen LogP contribution is -2.46. The van der Waals surface area contributed by atoms with Gasteiger partial charge in [-0.1, -0.05) is 0 Å². The first-order valence-corrected chi connectivity index (χ1v) is 7.88. The van der Waals surface area contributed by atoms with E-state index >= 15 is 0 Å². The Morgan fingerprint density at radius 1 is 1.48 bits per heavy atom. The smallest absolute Gasteiger partial charge is 0.125 e. The van der Waals surface area contributed by atoms with Crippen LogP contribution in [0, 0.1) is 0 Å². The van der Waals surface area contributed by atoms with Gasteiger partial charge in [0.15, 0.2) is 0 Å². The molecule has 2 aliphatic heterocycles. The molecule has 21 heavy (non-hydrogen) atoms. The van der Waals surface area contributed by atoms with Gasteiger partial charge in [-0.2, -0.15) is 0 Å². The molecule has 2 aliphatic rings. The lowest BCUT2D eigenvalue weighted by atomic mass is 9.93. The maximum Gasteiger partial charge on any atom is 0.125 e. The van der Waals surface area contributed by atoms with E-state index in [2.05, 4.69) is 27.3 Å². The Morgan fingerprint density at radius 3 is 3.05 bits per heavy atom. The third-order valence-corrected chi connectivity index (χ3v) is 4.71. The normalized spacial score (nSPS) is 25.9. The molecule has 0 spiro atoms. The summed E-state index contributed by atoms with van der Waals surface area (Å²) in [5.74, 6) is 0.907. The number of hydrogen-bond donors (Lipinski definition) is 2. The number of likely N-dealkylation sites (tertiary alicyclic amines) is 1. The first-order chi connectivity index (χ1) is 10.2. The summed E-state index contributed by atoms with van der Waals surface area (Å²) in [6.45, 7) is 3.16. The Balaban J connectivity index is 1.72. The lowest BCUT2D eigenvalue weighted by molar-refractivity contribution is -0.0815. The third kappa shape index (κ3) is 3.36. The van der Waals surface area contributed by atoms with Crippen LogP contribution in [0.25, 0.3) is 0 Å². The van der Waals surface area contributed by atoms with E-state index in [0.717, 1.165) is 38.2 Å². The van der Waals surface area contributed by atoms with Gasteiger partial charge in [0.1, 0.15) is 5.82 Å². The van der Waals surface area contributed by atoms with E-state index in [0.29, 0.717) is 19.3 Å². The first kappa shape index (κ1) is 14.8. The third-order valence-electron chi connectivity index (χ3n) is 4.71. The average molecular weight is 291 g/mol. The van der Waals surface area contributed by atoms with Crippen LogP contribution in [-0.4, -0.2) is 53.9 Å². The molecule has 0 saturated carbocycles. The summed E-state index contributed by atoms with van der Waals surface area (Å²) in [6.07, 6.45) is 5.69. The summed E-state index contributed by atoms with van der Waals surface area (Å²) in [4.78, 5) is 6.72. The van der Waals surface area contributed by atoms with Crippen molar-refractivity contribution in [1.29, 1.82) is 0 Å². The number of ether oxygens (including phenoxy) is 1. The molecule has 0 unspecified atom stereocenters. The van der Waals surface area contributed by atoms with Gasteiger partial charge in [0.2, 0.25) is 0 Å². The highest BCUT2D eigenvalue weighted by atomic mass is 16.5. The molecule has 0 radical (unpaired) electrons. The van der Waals surface area contributed by atoms with Crippen molar-refractivity contribution in [3.8, 4) is 0 Å². The number of pyridine rings is 1. The van der Waals surface area contributed by atoms with Gasteiger partial charge in [0.25, 0.3) is 0 Å². The number of nitrogens with one attached hydrogen (secondary N) is 1. The van der Waals surface area contributed by atoms with Gasteiger partial charge in [0, 0.05) is 51.9 Å². The quantitative estimate of drug-likeness (QED) is 0.886. The predicted octanol–water partition coefficient (Wildman–Crippen LogP) is 1.80. The molecule has 3 rings (SSSR count). The van der Waals surface area contributed by atoms with Gasteiger partial charge < -0.3 is 15.2 Å². The van der Waals surface area contributed by atoms with Crippen molar-refractivity contribution in [1.82, 2.24) is 9.88 Å². The number of β-amino-alcohol motifs (C(OH)–C–C–N with tert-alkyl or cyclic N) is 1. The molecule has 2 N–H and O–H groups in total. The first-order valence-electron chi connectivity index (χ1n) is 7.88. The molecule has 116 valence electrons. The molecule has 1 aromatic heterocycles. The number of hydrogen-bond acceptors (Lipinski definition) is 5. The van der Waals surface area contributed by atoms with Crippen LogP contribution in [0.2, 0.25) is 0 Å². The second kappa shape index (κ2) is 6.30. The fourth-order valence-corrected chi connectivity index (χ4v) is 3.47. The van der Waals surface area contributed by atoms with Crippen molar-refractivity contribution in [2.45, 2.75) is 37.3 Å². The van der Waals surface area contributed by atoms with Crippen LogP contribution < -0.4 is 5.32 Å². The molecular formula is C16H25N3O2.